The maximum Gasteiger partial charge on any atom is 0.348 e. The van der Waals surface area contributed by atoms with E-state index in [1.54, 1.807) is 6.20 Å². The average molecular weight is 305 g/mol. The van der Waals surface area contributed by atoms with Crippen molar-refractivity contribution in [3.63, 3.8) is 0 Å². The number of rotatable bonds is 4. The van der Waals surface area contributed by atoms with Gasteiger partial charge >= 0.3 is 5.97 Å². The normalized spacial score (nSPS) is 19.6. The zero-order valence-corrected chi connectivity index (χ0v) is 12.9. The maximum absolute atomic E-state index is 11.8. The van der Waals surface area contributed by atoms with E-state index in [1.165, 1.54) is 31.3 Å². The summed E-state index contributed by atoms with van der Waals surface area (Å²) in [6.45, 7) is 1.79. The Morgan fingerprint density at radius 1 is 1.57 bits per heavy atom. The average Bonchev–Trinajstić information content (AvgIpc) is 3.18. The SMILES string of the molecule is COC(=O)c1sccc1CN1CCCC[C@H]1c1ncc[nH]1. The van der Waals surface area contributed by atoms with Crippen LogP contribution in [0.4, 0.5) is 0 Å². The van der Waals surface area contributed by atoms with Crippen molar-refractivity contribution < 1.29 is 9.53 Å². The molecule has 112 valence electrons. The Kier molecular flexibility index (Phi) is 4.36. The molecule has 0 radical (unpaired) electrons. The fourth-order valence-electron chi connectivity index (χ4n) is 2.90. The summed E-state index contributed by atoms with van der Waals surface area (Å²) in [6.07, 6.45) is 7.18. The predicted molar refractivity (Wildman–Crippen MR) is 81.2 cm³/mol. The summed E-state index contributed by atoms with van der Waals surface area (Å²) in [6, 6.07) is 2.32. The fraction of sp³-hybridized carbons (Fsp3) is 0.467. The van der Waals surface area contributed by atoms with Gasteiger partial charge in [0.25, 0.3) is 0 Å². The van der Waals surface area contributed by atoms with Crippen molar-refractivity contribution in [1.29, 1.82) is 0 Å². The monoisotopic (exact) mass is 305 g/mol. The number of esters is 1. The quantitative estimate of drug-likeness (QED) is 0.882. The van der Waals surface area contributed by atoms with Crippen molar-refractivity contribution >= 4 is 17.3 Å². The molecular weight excluding hydrogens is 286 g/mol. The molecule has 6 heteroatoms. The lowest BCUT2D eigenvalue weighted by Gasteiger charge is -2.34. The second-order valence-electron chi connectivity index (χ2n) is 5.22. The van der Waals surface area contributed by atoms with Crippen LogP contribution in [0.25, 0.3) is 0 Å². The smallest absolute Gasteiger partial charge is 0.348 e. The van der Waals surface area contributed by atoms with Gasteiger partial charge < -0.3 is 9.72 Å². The lowest BCUT2D eigenvalue weighted by molar-refractivity contribution is 0.0602. The minimum atomic E-state index is -0.244. The van der Waals surface area contributed by atoms with Gasteiger partial charge in [0.1, 0.15) is 10.7 Å². The van der Waals surface area contributed by atoms with Crippen LogP contribution in [-0.2, 0) is 11.3 Å². The zero-order chi connectivity index (χ0) is 14.7. The molecule has 2 aromatic heterocycles. The number of thiophene rings is 1. The van der Waals surface area contributed by atoms with Crippen LogP contribution in [0.15, 0.2) is 23.8 Å². The summed E-state index contributed by atoms with van der Waals surface area (Å²) in [4.78, 5) is 22.5. The minimum absolute atomic E-state index is 0.244. The van der Waals surface area contributed by atoms with Gasteiger partial charge in [-0.3, -0.25) is 4.90 Å². The van der Waals surface area contributed by atoms with E-state index in [4.69, 9.17) is 4.74 Å². The first kappa shape index (κ1) is 14.3. The molecule has 1 fully saturated rings. The van der Waals surface area contributed by atoms with Gasteiger partial charge in [0.05, 0.1) is 13.2 Å². The van der Waals surface area contributed by atoms with Gasteiger partial charge in [-0.25, -0.2) is 9.78 Å². The number of hydrogen-bond donors (Lipinski definition) is 1. The van der Waals surface area contributed by atoms with Crippen LogP contribution in [-0.4, -0.2) is 34.5 Å². The van der Waals surface area contributed by atoms with Crippen molar-refractivity contribution in [2.45, 2.75) is 31.8 Å². The third-order valence-electron chi connectivity index (χ3n) is 3.94. The van der Waals surface area contributed by atoms with Gasteiger partial charge in [0.2, 0.25) is 0 Å². The Bertz CT molecular complexity index is 594. The van der Waals surface area contributed by atoms with Crippen LogP contribution in [0.2, 0.25) is 0 Å². The van der Waals surface area contributed by atoms with Crippen molar-refractivity contribution in [2.24, 2.45) is 0 Å². The van der Waals surface area contributed by atoms with Gasteiger partial charge in [-0.2, -0.15) is 0 Å². The third kappa shape index (κ3) is 3.01. The molecule has 1 aliphatic rings. The highest BCUT2D eigenvalue weighted by Crippen LogP contribution is 2.31. The first-order chi connectivity index (χ1) is 10.3. The highest BCUT2D eigenvalue weighted by molar-refractivity contribution is 7.12. The number of methoxy groups -OCH3 is 1. The number of ether oxygens (including phenoxy) is 1. The lowest BCUT2D eigenvalue weighted by atomic mass is 10.0. The molecule has 0 aromatic carbocycles. The Balaban J connectivity index is 1.79. The molecule has 1 N–H and O–H groups in total. The van der Waals surface area contributed by atoms with Gasteiger partial charge in [0, 0.05) is 18.9 Å². The van der Waals surface area contributed by atoms with Crippen molar-refractivity contribution in [3.8, 4) is 0 Å². The largest absolute Gasteiger partial charge is 0.465 e. The number of nitrogens with zero attached hydrogens (tertiary/aromatic N) is 2. The minimum Gasteiger partial charge on any atom is -0.465 e. The molecular formula is C15H19N3O2S. The van der Waals surface area contributed by atoms with E-state index in [1.807, 2.05) is 17.6 Å². The summed E-state index contributed by atoms with van der Waals surface area (Å²) in [5, 5.41) is 1.95. The Morgan fingerprint density at radius 3 is 3.24 bits per heavy atom. The molecule has 1 saturated heterocycles. The number of aromatic amines is 1. The molecule has 0 bridgehead atoms. The van der Waals surface area contributed by atoms with E-state index >= 15 is 0 Å². The Labute approximate surface area is 128 Å². The summed E-state index contributed by atoms with van der Waals surface area (Å²) in [7, 11) is 1.43. The molecule has 0 saturated carbocycles. The van der Waals surface area contributed by atoms with Crippen molar-refractivity contribution in [1.82, 2.24) is 14.9 Å². The van der Waals surface area contributed by atoms with Crippen LogP contribution in [0.3, 0.4) is 0 Å². The molecule has 21 heavy (non-hydrogen) atoms. The number of piperidine rings is 1. The fourth-order valence-corrected chi connectivity index (χ4v) is 3.73. The molecule has 1 atom stereocenters. The molecule has 2 aromatic rings. The van der Waals surface area contributed by atoms with Gasteiger partial charge in [-0.15, -0.1) is 11.3 Å². The number of aromatic nitrogens is 2. The summed E-state index contributed by atoms with van der Waals surface area (Å²) in [5.74, 6) is 0.774. The molecule has 5 nitrogen and oxygen atoms in total. The number of nitrogens with one attached hydrogen (secondary N) is 1. The zero-order valence-electron chi connectivity index (χ0n) is 12.0. The number of carbonyl (C=O) groups excluding carboxylic acids is 1. The molecule has 0 aliphatic carbocycles. The summed E-state index contributed by atoms with van der Waals surface area (Å²) < 4.78 is 4.86. The number of imidazole rings is 1. The van der Waals surface area contributed by atoms with Gasteiger partial charge in [0.15, 0.2) is 0 Å². The lowest BCUT2D eigenvalue weighted by Crippen LogP contribution is -2.33. The summed E-state index contributed by atoms with van der Waals surface area (Å²) >= 11 is 1.44. The first-order valence-corrected chi connectivity index (χ1v) is 8.05. The third-order valence-corrected chi connectivity index (χ3v) is 4.88. The number of carbonyl (C=O) groups is 1. The molecule has 1 aliphatic heterocycles. The first-order valence-electron chi connectivity index (χ1n) is 7.17. The van der Waals surface area contributed by atoms with E-state index in [9.17, 15) is 4.79 Å². The van der Waals surface area contributed by atoms with E-state index in [0.717, 1.165) is 30.9 Å². The van der Waals surface area contributed by atoms with Crippen molar-refractivity contribution in [3.05, 3.63) is 40.1 Å². The van der Waals surface area contributed by atoms with Gasteiger partial charge in [-0.1, -0.05) is 6.42 Å². The summed E-state index contributed by atoms with van der Waals surface area (Å²) in [5.41, 5.74) is 1.05. The van der Waals surface area contributed by atoms with Crippen LogP contribution < -0.4 is 0 Å². The molecule has 0 amide bonds. The van der Waals surface area contributed by atoms with E-state index in [0.29, 0.717) is 10.9 Å². The second kappa shape index (κ2) is 6.41. The molecule has 3 rings (SSSR count). The van der Waals surface area contributed by atoms with E-state index < -0.39 is 0 Å². The second-order valence-corrected chi connectivity index (χ2v) is 6.14. The molecule has 0 spiro atoms. The number of likely N-dealkylation sites (tertiary alicyclic amines) is 1. The van der Waals surface area contributed by atoms with Crippen molar-refractivity contribution in [2.75, 3.05) is 13.7 Å². The highest BCUT2D eigenvalue weighted by Gasteiger charge is 2.27. The Hall–Kier alpha value is -1.66. The highest BCUT2D eigenvalue weighted by atomic mass is 32.1. The number of hydrogen-bond acceptors (Lipinski definition) is 5. The topological polar surface area (TPSA) is 58.2 Å². The molecule has 0 unspecified atom stereocenters. The predicted octanol–water partition coefficient (Wildman–Crippen LogP) is 2.99. The van der Waals surface area contributed by atoms with Crippen LogP contribution in [0, 0.1) is 0 Å². The van der Waals surface area contributed by atoms with Gasteiger partial charge in [-0.05, 0) is 36.4 Å². The number of H-pyrrole nitrogens is 1. The Morgan fingerprint density at radius 2 is 2.48 bits per heavy atom. The van der Waals surface area contributed by atoms with Crippen LogP contribution in [0.5, 0.6) is 0 Å². The van der Waals surface area contributed by atoms with Crippen LogP contribution in [0.1, 0.15) is 46.4 Å². The maximum atomic E-state index is 11.8. The van der Waals surface area contributed by atoms with E-state index in [-0.39, 0.29) is 5.97 Å². The van der Waals surface area contributed by atoms with Crippen LogP contribution >= 0.6 is 11.3 Å². The van der Waals surface area contributed by atoms with E-state index in [2.05, 4.69) is 14.9 Å². The standard InChI is InChI=1S/C15H19N3O2S/c1-20-15(19)13-11(5-9-21-13)10-18-8-3-2-4-12(18)14-16-6-7-17-14/h5-7,9,12H,2-4,8,10H2,1H3,(H,16,17)/t12-/m0/s1. The molecule has 3 heterocycles.